The summed E-state index contributed by atoms with van der Waals surface area (Å²) >= 11 is 0. The van der Waals surface area contributed by atoms with Crippen molar-refractivity contribution in [3.63, 3.8) is 0 Å². The second-order valence-electron chi connectivity index (χ2n) is 4.90. The number of aliphatic hydroxyl groups excluding tert-OH is 1. The van der Waals surface area contributed by atoms with E-state index in [1.54, 1.807) is 15.6 Å². The molecule has 0 spiro atoms. The van der Waals surface area contributed by atoms with Crippen molar-refractivity contribution in [1.29, 1.82) is 0 Å². The summed E-state index contributed by atoms with van der Waals surface area (Å²) in [6.45, 7) is 0.398. The zero-order chi connectivity index (χ0) is 13.2. The highest BCUT2D eigenvalue weighted by Gasteiger charge is 2.30. The molecule has 2 aromatic heterocycles. The van der Waals surface area contributed by atoms with Crippen molar-refractivity contribution >= 4 is 11.4 Å². The van der Waals surface area contributed by atoms with E-state index in [2.05, 4.69) is 5.10 Å². The van der Waals surface area contributed by atoms with Gasteiger partial charge < -0.3 is 10.0 Å². The summed E-state index contributed by atoms with van der Waals surface area (Å²) in [6.07, 6.45) is 6.66. The van der Waals surface area contributed by atoms with Crippen LogP contribution in [0, 0.1) is 0 Å². The minimum Gasteiger partial charge on any atom is -0.395 e. The molecule has 5 heteroatoms. The molecule has 3 rings (SSSR count). The minimum atomic E-state index is -0.0278. The summed E-state index contributed by atoms with van der Waals surface area (Å²) < 4.78 is 1.70. The second kappa shape index (κ2) is 5.01. The third-order valence-electron chi connectivity index (χ3n) is 3.77. The molecule has 0 unspecified atom stereocenters. The van der Waals surface area contributed by atoms with Gasteiger partial charge >= 0.3 is 0 Å². The molecule has 2 aromatic rings. The zero-order valence-corrected chi connectivity index (χ0v) is 10.7. The summed E-state index contributed by atoms with van der Waals surface area (Å²) in [7, 11) is 0. The number of hydrogen-bond acceptors (Lipinski definition) is 3. The largest absolute Gasteiger partial charge is 0.395 e. The molecule has 100 valence electrons. The molecule has 5 nitrogen and oxygen atoms in total. The fourth-order valence-corrected chi connectivity index (χ4v) is 2.51. The number of hydrogen-bond donors (Lipinski definition) is 1. The highest BCUT2D eigenvalue weighted by Crippen LogP contribution is 2.26. The maximum absolute atomic E-state index is 12.6. The molecule has 1 aliphatic rings. The number of rotatable bonds is 4. The Labute approximate surface area is 111 Å². The van der Waals surface area contributed by atoms with E-state index in [-0.39, 0.29) is 18.6 Å². The van der Waals surface area contributed by atoms with Crippen LogP contribution in [0.3, 0.4) is 0 Å². The Morgan fingerprint density at radius 3 is 3.00 bits per heavy atom. The highest BCUT2D eigenvalue weighted by molar-refractivity contribution is 6.00. The van der Waals surface area contributed by atoms with Gasteiger partial charge in [0.1, 0.15) is 0 Å². The van der Waals surface area contributed by atoms with E-state index in [1.807, 2.05) is 24.4 Å². The molecule has 1 saturated carbocycles. The molecule has 0 atom stereocenters. The highest BCUT2D eigenvalue weighted by atomic mass is 16.3. The lowest BCUT2D eigenvalue weighted by atomic mass is 9.91. The third kappa shape index (κ3) is 2.10. The van der Waals surface area contributed by atoms with Gasteiger partial charge in [0.2, 0.25) is 0 Å². The fourth-order valence-electron chi connectivity index (χ4n) is 2.51. The van der Waals surface area contributed by atoms with E-state index in [9.17, 15) is 4.79 Å². The standard InChI is InChI=1S/C14H17N3O2/c18-9-8-16(11-4-3-5-11)14(19)12-10-15-17-7-2-1-6-13(12)17/h1-2,6-7,10-11,18H,3-5,8-9H2. The second-order valence-corrected chi connectivity index (χ2v) is 4.90. The van der Waals surface area contributed by atoms with Crippen molar-refractivity contribution in [1.82, 2.24) is 14.5 Å². The van der Waals surface area contributed by atoms with Gasteiger partial charge in [-0.15, -0.1) is 0 Å². The van der Waals surface area contributed by atoms with Gasteiger partial charge in [-0.25, -0.2) is 4.52 Å². The topological polar surface area (TPSA) is 57.8 Å². The first kappa shape index (κ1) is 12.2. The van der Waals surface area contributed by atoms with Gasteiger partial charge in [0.25, 0.3) is 5.91 Å². The van der Waals surface area contributed by atoms with Gasteiger partial charge in [-0.3, -0.25) is 4.79 Å². The lowest BCUT2D eigenvalue weighted by Gasteiger charge is -2.37. The Balaban J connectivity index is 1.92. The molecule has 1 aliphatic carbocycles. The van der Waals surface area contributed by atoms with Gasteiger partial charge in [-0.1, -0.05) is 6.07 Å². The Kier molecular flexibility index (Phi) is 3.21. The van der Waals surface area contributed by atoms with Crippen LogP contribution >= 0.6 is 0 Å². The van der Waals surface area contributed by atoms with Crippen LogP contribution in [0.25, 0.3) is 5.52 Å². The Hall–Kier alpha value is -1.88. The average molecular weight is 259 g/mol. The van der Waals surface area contributed by atoms with Gasteiger partial charge in [0.05, 0.1) is 23.9 Å². The Bertz CT molecular complexity index is 589. The van der Waals surface area contributed by atoms with Crippen LogP contribution in [0.5, 0.6) is 0 Å². The van der Waals surface area contributed by atoms with Gasteiger partial charge in [0.15, 0.2) is 0 Å². The monoisotopic (exact) mass is 259 g/mol. The van der Waals surface area contributed by atoms with Crippen LogP contribution in [-0.2, 0) is 0 Å². The van der Waals surface area contributed by atoms with E-state index < -0.39 is 0 Å². The third-order valence-corrected chi connectivity index (χ3v) is 3.77. The maximum Gasteiger partial charge on any atom is 0.258 e. The molecule has 0 aliphatic heterocycles. The number of fused-ring (bicyclic) bond motifs is 1. The SMILES string of the molecule is O=C(c1cnn2ccccc12)N(CCO)C1CCC1. The molecule has 0 bridgehead atoms. The molecule has 0 aromatic carbocycles. The van der Waals surface area contributed by atoms with Crippen LogP contribution in [0.15, 0.2) is 30.6 Å². The average Bonchev–Trinajstić information content (AvgIpc) is 2.79. The molecule has 0 saturated heterocycles. The van der Waals surface area contributed by atoms with Crippen LogP contribution in [0.1, 0.15) is 29.6 Å². The smallest absolute Gasteiger partial charge is 0.258 e. The van der Waals surface area contributed by atoms with Crippen LogP contribution in [-0.4, -0.2) is 44.7 Å². The van der Waals surface area contributed by atoms with E-state index >= 15 is 0 Å². The quantitative estimate of drug-likeness (QED) is 0.901. The van der Waals surface area contributed by atoms with Crippen molar-refractivity contribution in [2.45, 2.75) is 25.3 Å². The van der Waals surface area contributed by atoms with Gasteiger partial charge in [-0.05, 0) is 31.4 Å². The van der Waals surface area contributed by atoms with Gasteiger partial charge in [0, 0.05) is 18.8 Å². The first-order valence-electron chi connectivity index (χ1n) is 6.65. The molecular weight excluding hydrogens is 242 g/mol. The molecule has 1 fully saturated rings. The lowest BCUT2D eigenvalue weighted by molar-refractivity contribution is 0.0527. The van der Waals surface area contributed by atoms with Crippen LogP contribution in [0.4, 0.5) is 0 Å². The van der Waals surface area contributed by atoms with E-state index in [1.165, 1.54) is 0 Å². The maximum atomic E-state index is 12.6. The van der Waals surface area contributed by atoms with Gasteiger partial charge in [-0.2, -0.15) is 5.10 Å². The van der Waals surface area contributed by atoms with Crippen molar-refractivity contribution < 1.29 is 9.90 Å². The predicted octanol–water partition coefficient (Wildman–Crippen LogP) is 1.32. The van der Waals surface area contributed by atoms with Crippen molar-refractivity contribution in [3.05, 3.63) is 36.2 Å². The zero-order valence-electron chi connectivity index (χ0n) is 10.7. The van der Waals surface area contributed by atoms with Crippen LogP contribution < -0.4 is 0 Å². The van der Waals surface area contributed by atoms with Crippen molar-refractivity contribution in [2.24, 2.45) is 0 Å². The normalized spacial score (nSPS) is 15.4. The number of carbonyl (C=O) groups excluding carboxylic acids is 1. The summed E-state index contributed by atoms with van der Waals surface area (Å²) in [6, 6.07) is 5.94. The molecule has 1 N–H and O–H groups in total. The molecule has 19 heavy (non-hydrogen) atoms. The molecule has 0 radical (unpaired) electrons. The molecule has 1 amide bonds. The van der Waals surface area contributed by atoms with Crippen molar-refractivity contribution in [2.75, 3.05) is 13.2 Å². The fraction of sp³-hybridized carbons (Fsp3) is 0.429. The number of pyridine rings is 1. The number of nitrogens with zero attached hydrogens (tertiary/aromatic N) is 3. The number of aromatic nitrogens is 2. The summed E-state index contributed by atoms with van der Waals surface area (Å²) in [4.78, 5) is 14.4. The van der Waals surface area contributed by atoms with E-state index in [0.717, 1.165) is 24.8 Å². The summed E-state index contributed by atoms with van der Waals surface area (Å²) in [5.41, 5.74) is 1.43. The van der Waals surface area contributed by atoms with E-state index in [0.29, 0.717) is 12.1 Å². The summed E-state index contributed by atoms with van der Waals surface area (Å²) in [5.74, 6) is -0.0278. The minimum absolute atomic E-state index is 0.00144. The first-order valence-corrected chi connectivity index (χ1v) is 6.65. The summed E-state index contributed by atoms with van der Waals surface area (Å²) in [5, 5.41) is 13.3. The number of carbonyl (C=O) groups is 1. The number of aliphatic hydroxyl groups is 1. The lowest BCUT2D eigenvalue weighted by Crippen LogP contribution is -2.45. The Morgan fingerprint density at radius 2 is 2.32 bits per heavy atom. The number of amides is 1. The predicted molar refractivity (Wildman–Crippen MR) is 71.0 cm³/mol. The first-order chi connectivity index (χ1) is 9.31. The molecule has 2 heterocycles. The van der Waals surface area contributed by atoms with Crippen LogP contribution in [0.2, 0.25) is 0 Å². The Morgan fingerprint density at radius 1 is 1.47 bits per heavy atom. The van der Waals surface area contributed by atoms with E-state index in [4.69, 9.17) is 5.11 Å². The van der Waals surface area contributed by atoms with Crippen molar-refractivity contribution in [3.8, 4) is 0 Å². The molecular formula is C14H17N3O2.